The van der Waals surface area contributed by atoms with E-state index in [0.29, 0.717) is 6.42 Å². The van der Waals surface area contributed by atoms with E-state index in [-0.39, 0.29) is 0 Å². The third kappa shape index (κ3) is 3.78. The Hall–Kier alpha value is -1.39. The first-order chi connectivity index (χ1) is 9.20. The minimum atomic E-state index is -0.453. The summed E-state index contributed by atoms with van der Waals surface area (Å²) < 4.78 is 0. The van der Waals surface area contributed by atoms with Gasteiger partial charge in [0.25, 0.3) is 0 Å². The zero-order valence-electron chi connectivity index (χ0n) is 11.4. The van der Waals surface area contributed by atoms with Gasteiger partial charge in [0.1, 0.15) is 0 Å². The highest BCUT2D eigenvalue weighted by Crippen LogP contribution is 2.18. The average Bonchev–Trinajstić information content (AvgIpc) is 2.97. The molecule has 0 saturated carbocycles. The van der Waals surface area contributed by atoms with Crippen molar-refractivity contribution in [2.45, 2.75) is 25.9 Å². The number of likely N-dealkylation sites (N-methyl/N-ethyl adjacent to an activating group) is 1. The molecule has 0 radical (unpaired) electrons. The van der Waals surface area contributed by atoms with Gasteiger partial charge in [0.2, 0.25) is 0 Å². The molecule has 2 aromatic rings. The van der Waals surface area contributed by atoms with Crippen LogP contribution in [0.2, 0.25) is 0 Å². The van der Waals surface area contributed by atoms with Crippen molar-refractivity contribution >= 4 is 17.0 Å². The molecule has 0 spiro atoms. The SMILES string of the molecule is CC[C@@H](O)c1ccc(N(C)CCc2cccs2)cn1. The second-order valence-corrected chi connectivity index (χ2v) is 5.65. The summed E-state index contributed by atoms with van der Waals surface area (Å²) in [6.07, 6.45) is 3.13. The number of aliphatic hydroxyl groups excluding tert-OH is 1. The number of hydrogen-bond donors (Lipinski definition) is 1. The molecule has 102 valence electrons. The lowest BCUT2D eigenvalue weighted by Gasteiger charge is -2.19. The van der Waals surface area contributed by atoms with Crippen LogP contribution in [0.25, 0.3) is 0 Å². The van der Waals surface area contributed by atoms with E-state index in [1.54, 1.807) is 11.3 Å². The van der Waals surface area contributed by atoms with Crippen LogP contribution in [0.3, 0.4) is 0 Å². The summed E-state index contributed by atoms with van der Waals surface area (Å²) in [5, 5.41) is 11.8. The lowest BCUT2D eigenvalue weighted by Crippen LogP contribution is -2.20. The molecule has 0 amide bonds. The smallest absolute Gasteiger partial charge is 0.0957 e. The van der Waals surface area contributed by atoms with E-state index in [1.165, 1.54) is 4.88 Å². The van der Waals surface area contributed by atoms with Gasteiger partial charge in [-0.05, 0) is 36.4 Å². The Bertz CT molecular complexity index is 481. The summed E-state index contributed by atoms with van der Waals surface area (Å²) >= 11 is 1.79. The van der Waals surface area contributed by atoms with Crippen molar-refractivity contribution in [1.29, 1.82) is 0 Å². The molecule has 0 fully saturated rings. The van der Waals surface area contributed by atoms with Gasteiger partial charge >= 0.3 is 0 Å². The Balaban J connectivity index is 1.93. The van der Waals surface area contributed by atoms with Crippen molar-refractivity contribution in [2.24, 2.45) is 0 Å². The van der Waals surface area contributed by atoms with Crippen LogP contribution in [0.15, 0.2) is 35.8 Å². The molecule has 2 rings (SSSR count). The Labute approximate surface area is 118 Å². The van der Waals surface area contributed by atoms with Crippen LogP contribution >= 0.6 is 11.3 Å². The minimum absolute atomic E-state index is 0.453. The quantitative estimate of drug-likeness (QED) is 0.879. The Morgan fingerprint density at radius 3 is 2.79 bits per heavy atom. The van der Waals surface area contributed by atoms with Crippen LogP contribution in [0.1, 0.15) is 30.0 Å². The highest BCUT2D eigenvalue weighted by molar-refractivity contribution is 7.09. The fourth-order valence-corrected chi connectivity index (χ4v) is 2.59. The number of aliphatic hydroxyl groups is 1. The highest BCUT2D eigenvalue weighted by atomic mass is 32.1. The predicted octanol–water partition coefficient (Wildman–Crippen LogP) is 3.27. The third-order valence-corrected chi connectivity index (χ3v) is 4.15. The van der Waals surface area contributed by atoms with E-state index in [0.717, 1.165) is 24.3 Å². The van der Waals surface area contributed by atoms with Gasteiger partial charge < -0.3 is 10.0 Å². The van der Waals surface area contributed by atoms with E-state index >= 15 is 0 Å². The van der Waals surface area contributed by atoms with Crippen molar-refractivity contribution in [3.8, 4) is 0 Å². The van der Waals surface area contributed by atoms with Crippen LogP contribution in [0, 0.1) is 0 Å². The molecule has 0 aliphatic carbocycles. The Morgan fingerprint density at radius 2 is 2.21 bits per heavy atom. The second-order valence-electron chi connectivity index (χ2n) is 4.62. The third-order valence-electron chi connectivity index (χ3n) is 3.21. The van der Waals surface area contributed by atoms with E-state index in [1.807, 2.05) is 25.3 Å². The van der Waals surface area contributed by atoms with E-state index < -0.39 is 6.10 Å². The first-order valence-corrected chi connectivity index (χ1v) is 7.46. The zero-order valence-corrected chi connectivity index (χ0v) is 12.2. The first-order valence-electron chi connectivity index (χ1n) is 6.58. The fourth-order valence-electron chi connectivity index (χ4n) is 1.89. The standard InChI is InChI=1S/C15H20N2OS/c1-3-15(18)14-7-6-12(11-16-14)17(2)9-8-13-5-4-10-19-13/h4-7,10-11,15,18H,3,8-9H2,1-2H3/t15-/m1/s1. The summed E-state index contributed by atoms with van der Waals surface area (Å²) in [5.41, 5.74) is 1.83. The van der Waals surface area contributed by atoms with Crippen molar-refractivity contribution < 1.29 is 5.11 Å². The van der Waals surface area contributed by atoms with Crippen molar-refractivity contribution in [3.63, 3.8) is 0 Å². The van der Waals surface area contributed by atoms with E-state index in [2.05, 4.69) is 34.4 Å². The van der Waals surface area contributed by atoms with Gasteiger partial charge in [-0.15, -0.1) is 11.3 Å². The molecule has 1 atom stereocenters. The molecule has 1 N–H and O–H groups in total. The first kappa shape index (κ1) is 14.0. The number of pyridine rings is 1. The summed E-state index contributed by atoms with van der Waals surface area (Å²) in [5.74, 6) is 0. The van der Waals surface area contributed by atoms with Crippen LogP contribution in [-0.4, -0.2) is 23.7 Å². The molecular formula is C15H20N2OS. The maximum Gasteiger partial charge on any atom is 0.0957 e. The molecule has 0 unspecified atom stereocenters. The summed E-state index contributed by atoms with van der Waals surface area (Å²) in [7, 11) is 2.07. The number of hydrogen-bond acceptors (Lipinski definition) is 4. The molecule has 0 aliphatic rings. The topological polar surface area (TPSA) is 36.4 Å². The van der Waals surface area contributed by atoms with Gasteiger partial charge in [-0.1, -0.05) is 13.0 Å². The van der Waals surface area contributed by atoms with Gasteiger partial charge in [0.05, 0.1) is 23.7 Å². The normalized spacial score (nSPS) is 12.4. The molecule has 0 aromatic carbocycles. The Morgan fingerprint density at radius 1 is 1.37 bits per heavy atom. The van der Waals surface area contributed by atoms with Crippen LogP contribution in [0.4, 0.5) is 5.69 Å². The largest absolute Gasteiger partial charge is 0.387 e. The molecule has 19 heavy (non-hydrogen) atoms. The maximum absolute atomic E-state index is 9.71. The average molecular weight is 276 g/mol. The number of anilines is 1. The lowest BCUT2D eigenvalue weighted by atomic mass is 10.2. The van der Waals surface area contributed by atoms with Gasteiger partial charge in [-0.3, -0.25) is 4.98 Å². The predicted molar refractivity (Wildman–Crippen MR) is 80.8 cm³/mol. The summed E-state index contributed by atoms with van der Waals surface area (Å²) in [6, 6.07) is 8.18. The molecule has 0 aliphatic heterocycles. The number of nitrogens with zero attached hydrogens (tertiary/aromatic N) is 2. The molecule has 3 nitrogen and oxygen atoms in total. The fraction of sp³-hybridized carbons (Fsp3) is 0.400. The molecule has 4 heteroatoms. The number of thiophene rings is 1. The van der Waals surface area contributed by atoms with Crippen LogP contribution in [-0.2, 0) is 6.42 Å². The second kappa shape index (κ2) is 6.68. The molecule has 2 heterocycles. The molecule has 0 bridgehead atoms. The van der Waals surface area contributed by atoms with Crippen LogP contribution < -0.4 is 4.90 Å². The lowest BCUT2D eigenvalue weighted by molar-refractivity contribution is 0.169. The summed E-state index contributed by atoms with van der Waals surface area (Å²) in [4.78, 5) is 7.92. The van der Waals surface area contributed by atoms with Gasteiger partial charge in [0, 0.05) is 18.5 Å². The minimum Gasteiger partial charge on any atom is -0.387 e. The zero-order chi connectivity index (χ0) is 13.7. The maximum atomic E-state index is 9.71. The van der Waals surface area contributed by atoms with Gasteiger partial charge in [0.15, 0.2) is 0 Å². The number of rotatable bonds is 6. The summed E-state index contributed by atoms with van der Waals surface area (Å²) in [6.45, 7) is 2.92. The monoisotopic (exact) mass is 276 g/mol. The van der Waals surface area contributed by atoms with Gasteiger partial charge in [-0.2, -0.15) is 0 Å². The molecule has 2 aromatic heterocycles. The van der Waals surface area contributed by atoms with Crippen LogP contribution in [0.5, 0.6) is 0 Å². The number of aromatic nitrogens is 1. The van der Waals surface area contributed by atoms with Crippen molar-refractivity contribution in [3.05, 3.63) is 46.4 Å². The van der Waals surface area contributed by atoms with Crippen molar-refractivity contribution in [1.82, 2.24) is 4.98 Å². The molecule has 0 saturated heterocycles. The van der Waals surface area contributed by atoms with E-state index in [9.17, 15) is 5.11 Å². The Kier molecular flexibility index (Phi) is 4.93. The molecular weight excluding hydrogens is 256 g/mol. The van der Waals surface area contributed by atoms with Gasteiger partial charge in [-0.25, -0.2) is 0 Å². The highest BCUT2D eigenvalue weighted by Gasteiger charge is 2.07. The van der Waals surface area contributed by atoms with Crippen molar-refractivity contribution in [2.75, 3.05) is 18.5 Å². The van der Waals surface area contributed by atoms with E-state index in [4.69, 9.17) is 0 Å².